The fourth-order valence-corrected chi connectivity index (χ4v) is 10.2. The SMILES string of the molecule is CCCCCCC#Cc1ccc(-c2ccc(-c3ccc4c(c3)sc3c5ccc(-c6ccc(CCCCCC)s6)cc5sc43)cc2)cc1. The molecule has 0 spiro atoms. The molecule has 0 fully saturated rings. The van der Waals surface area contributed by atoms with Crippen molar-refractivity contribution in [3.8, 4) is 44.5 Å². The Morgan fingerprint density at radius 2 is 1.04 bits per heavy atom. The highest BCUT2D eigenvalue weighted by atomic mass is 32.1. The lowest BCUT2D eigenvalue weighted by molar-refractivity contribution is 0.670. The van der Waals surface area contributed by atoms with Gasteiger partial charge in [0.25, 0.3) is 0 Å². The Bertz CT molecular complexity index is 2160. The minimum absolute atomic E-state index is 0.992. The summed E-state index contributed by atoms with van der Waals surface area (Å²) in [5.41, 5.74) is 7.45. The quantitative estimate of drug-likeness (QED) is 0.0899. The number of aryl methyl sites for hydroxylation is 1. The maximum Gasteiger partial charge on any atom is 0.0542 e. The lowest BCUT2D eigenvalue weighted by Crippen LogP contribution is -1.82. The molecule has 236 valence electrons. The Hall–Kier alpha value is -3.68. The third kappa shape index (κ3) is 7.26. The molecule has 7 rings (SSSR count). The molecule has 0 atom stereocenters. The Morgan fingerprint density at radius 3 is 1.70 bits per heavy atom. The van der Waals surface area contributed by atoms with E-state index in [-0.39, 0.29) is 0 Å². The van der Waals surface area contributed by atoms with E-state index in [4.69, 9.17) is 0 Å². The summed E-state index contributed by atoms with van der Waals surface area (Å²) < 4.78 is 5.61. The molecule has 47 heavy (non-hydrogen) atoms. The second-order valence-electron chi connectivity index (χ2n) is 12.6. The van der Waals surface area contributed by atoms with Crippen LogP contribution in [0.5, 0.6) is 0 Å². The standard InChI is InChI=1S/C44H42S3/c1-3-5-7-9-10-11-13-31-15-17-32(18-16-31)33-19-21-34(22-20-33)35-23-26-38-41(29-35)46-44-39-27-24-36(30-42(39)47-43(38)44)40-28-25-37(45-40)14-12-8-6-4-2/h15-30H,3-10,12,14H2,1-2H3. The number of thiophene rings is 3. The van der Waals surface area contributed by atoms with E-state index >= 15 is 0 Å². The van der Waals surface area contributed by atoms with E-state index in [9.17, 15) is 0 Å². The zero-order valence-electron chi connectivity index (χ0n) is 27.5. The molecule has 7 aromatic rings. The summed E-state index contributed by atoms with van der Waals surface area (Å²) in [6.07, 6.45) is 12.6. The predicted molar refractivity (Wildman–Crippen MR) is 212 cm³/mol. The molecule has 0 radical (unpaired) electrons. The van der Waals surface area contributed by atoms with E-state index < -0.39 is 0 Å². The van der Waals surface area contributed by atoms with Gasteiger partial charge in [0.2, 0.25) is 0 Å². The van der Waals surface area contributed by atoms with Gasteiger partial charge in [-0.15, -0.1) is 34.0 Å². The van der Waals surface area contributed by atoms with E-state index in [0.717, 1.165) is 12.0 Å². The zero-order valence-corrected chi connectivity index (χ0v) is 30.0. The monoisotopic (exact) mass is 666 g/mol. The first-order chi connectivity index (χ1) is 23.2. The van der Waals surface area contributed by atoms with Gasteiger partial charge in [0.15, 0.2) is 0 Å². The van der Waals surface area contributed by atoms with E-state index in [1.165, 1.54) is 125 Å². The summed E-state index contributed by atoms with van der Waals surface area (Å²) in [4.78, 5) is 2.91. The van der Waals surface area contributed by atoms with Crippen LogP contribution in [0.3, 0.4) is 0 Å². The van der Waals surface area contributed by atoms with Gasteiger partial charge in [-0.25, -0.2) is 0 Å². The predicted octanol–water partition coefficient (Wildman–Crippen LogP) is 14.8. The molecule has 0 N–H and O–H groups in total. The van der Waals surface area contributed by atoms with Crippen molar-refractivity contribution in [2.45, 2.75) is 78.1 Å². The van der Waals surface area contributed by atoms with E-state index in [0.29, 0.717) is 0 Å². The average Bonchev–Trinajstić information content (AvgIpc) is 3.82. The van der Waals surface area contributed by atoms with E-state index in [2.05, 4.69) is 123 Å². The summed E-state index contributed by atoms with van der Waals surface area (Å²) in [6.45, 7) is 4.53. The summed E-state index contributed by atoms with van der Waals surface area (Å²) in [5.74, 6) is 6.68. The number of hydrogen-bond acceptors (Lipinski definition) is 3. The lowest BCUT2D eigenvalue weighted by Gasteiger charge is -2.06. The van der Waals surface area contributed by atoms with Gasteiger partial charge >= 0.3 is 0 Å². The van der Waals surface area contributed by atoms with Gasteiger partial charge < -0.3 is 0 Å². The molecule has 0 amide bonds. The third-order valence-corrected chi connectivity index (χ3v) is 12.8. The first kappa shape index (κ1) is 31.9. The number of hydrogen-bond donors (Lipinski definition) is 0. The van der Waals surface area contributed by atoms with Crippen molar-refractivity contribution in [2.24, 2.45) is 0 Å². The smallest absolute Gasteiger partial charge is 0.0542 e. The van der Waals surface area contributed by atoms with E-state index in [1.54, 1.807) is 0 Å². The van der Waals surface area contributed by atoms with Crippen molar-refractivity contribution in [1.29, 1.82) is 0 Å². The number of benzene rings is 4. The van der Waals surface area contributed by atoms with Crippen molar-refractivity contribution in [2.75, 3.05) is 0 Å². The topological polar surface area (TPSA) is 0 Å². The number of unbranched alkanes of at least 4 members (excludes halogenated alkanes) is 7. The Labute approximate surface area is 292 Å². The van der Waals surface area contributed by atoms with Gasteiger partial charge in [-0.05, 0) is 83.5 Å². The largest absolute Gasteiger partial charge is 0.140 e. The molecule has 4 aromatic carbocycles. The lowest BCUT2D eigenvalue weighted by atomic mass is 9.99. The second kappa shape index (κ2) is 15.0. The first-order valence-corrected chi connectivity index (χ1v) is 19.8. The van der Waals surface area contributed by atoms with Gasteiger partial charge in [-0.2, -0.15) is 0 Å². The minimum Gasteiger partial charge on any atom is -0.140 e. The van der Waals surface area contributed by atoms with Crippen LogP contribution in [-0.2, 0) is 6.42 Å². The van der Waals surface area contributed by atoms with Crippen molar-refractivity contribution >= 4 is 63.6 Å². The molecule has 0 bridgehead atoms. The van der Waals surface area contributed by atoms with Crippen LogP contribution in [0.25, 0.3) is 62.3 Å². The van der Waals surface area contributed by atoms with Gasteiger partial charge in [-0.1, -0.05) is 125 Å². The van der Waals surface area contributed by atoms with Crippen molar-refractivity contribution in [3.05, 3.63) is 108 Å². The van der Waals surface area contributed by atoms with E-state index in [1.807, 2.05) is 34.0 Å². The second-order valence-corrected chi connectivity index (χ2v) is 15.9. The zero-order chi connectivity index (χ0) is 32.0. The summed E-state index contributed by atoms with van der Waals surface area (Å²) >= 11 is 5.86. The summed E-state index contributed by atoms with van der Waals surface area (Å²) in [7, 11) is 0. The fourth-order valence-electron chi connectivity index (χ4n) is 6.39. The molecule has 0 unspecified atom stereocenters. The molecule has 0 aliphatic heterocycles. The van der Waals surface area contributed by atoms with Crippen LogP contribution in [0.4, 0.5) is 0 Å². The number of fused-ring (bicyclic) bond motifs is 5. The summed E-state index contributed by atoms with van der Waals surface area (Å²) in [5, 5.41) is 2.77. The molecule has 0 saturated heterocycles. The van der Waals surface area contributed by atoms with Gasteiger partial charge in [0.1, 0.15) is 0 Å². The van der Waals surface area contributed by atoms with Crippen molar-refractivity contribution in [1.82, 2.24) is 0 Å². The van der Waals surface area contributed by atoms with Crippen LogP contribution in [0, 0.1) is 11.8 Å². The van der Waals surface area contributed by atoms with Gasteiger partial charge in [0, 0.05) is 41.9 Å². The van der Waals surface area contributed by atoms with Crippen LogP contribution < -0.4 is 0 Å². The van der Waals surface area contributed by atoms with Crippen LogP contribution in [-0.4, -0.2) is 0 Å². The highest BCUT2D eigenvalue weighted by Crippen LogP contribution is 2.46. The van der Waals surface area contributed by atoms with Crippen LogP contribution in [0.2, 0.25) is 0 Å². The molecule has 3 aromatic heterocycles. The third-order valence-electron chi connectivity index (χ3n) is 9.13. The Kier molecular flexibility index (Phi) is 10.2. The maximum atomic E-state index is 3.34. The summed E-state index contributed by atoms with van der Waals surface area (Å²) in [6, 6.07) is 36.5. The molecule has 3 heterocycles. The maximum absolute atomic E-state index is 3.34. The Balaban J connectivity index is 1.06. The van der Waals surface area contributed by atoms with Gasteiger partial charge in [0.05, 0.1) is 9.40 Å². The molecular weight excluding hydrogens is 625 g/mol. The minimum atomic E-state index is 0.992. The van der Waals surface area contributed by atoms with Gasteiger partial charge in [-0.3, -0.25) is 0 Å². The first-order valence-electron chi connectivity index (χ1n) is 17.4. The van der Waals surface area contributed by atoms with Crippen LogP contribution in [0.15, 0.2) is 97.1 Å². The molecule has 0 aliphatic carbocycles. The molecule has 0 aliphatic rings. The van der Waals surface area contributed by atoms with Crippen molar-refractivity contribution < 1.29 is 0 Å². The normalized spacial score (nSPS) is 11.4. The van der Waals surface area contributed by atoms with Crippen LogP contribution >= 0.6 is 34.0 Å². The molecular formula is C44H42S3. The molecule has 0 nitrogen and oxygen atoms in total. The van der Waals surface area contributed by atoms with Crippen LogP contribution in [0.1, 0.15) is 82.1 Å². The number of rotatable bonds is 12. The molecule has 0 saturated carbocycles. The molecule has 3 heteroatoms. The highest BCUT2D eigenvalue weighted by molar-refractivity contribution is 7.36. The fraction of sp³-hybridized carbons (Fsp3) is 0.273. The average molecular weight is 667 g/mol. The highest BCUT2D eigenvalue weighted by Gasteiger charge is 2.14. The Morgan fingerprint density at radius 1 is 0.489 bits per heavy atom. The van der Waals surface area contributed by atoms with Crippen molar-refractivity contribution in [3.63, 3.8) is 0 Å².